The molecule has 3 heteroatoms. The third-order valence-corrected chi connectivity index (χ3v) is 4.18. The van der Waals surface area contributed by atoms with Crippen LogP contribution in [0.5, 0.6) is 0 Å². The van der Waals surface area contributed by atoms with Crippen molar-refractivity contribution >= 4 is 16.8 Å². The highest BCUT2D eigenvalue weighted by atomic mass is 16.5. The van der Waals surface area contributed by atoms with Crippen LogP contribution in [0.4, 0.5) is 0 Å². The van der Waals surface area contributed by atoms with Gasteiger partial charge < -0.3 is 9.15 Å². The highest BCUT2D eigenvalue weighted by molar-refractivity contribution is 5.98. The fourth-order valence-electron chi connectivity index (χ4n) is 2.73. The van der Waals surface area contributed by atoms with E-state index in [-0.39, 0.29) is 12.4 Å². The molecule has 1 aliphatic carbocycles. The van der Waals surface area contributed by atoms with Crippen LogP contribution in [0.15, 0.2) is 46.9 Å². The van der Waals surface area contributed by atoms with Gasteiger partial charge in [0.2, 0.25) is 5.78 Å². The van der Waals surface area contributed by atoms with Crippen LogP contribution in [0, 0.1) is 11.8 Å². The predicted octanol–water partition coefficient (Wildman–Crippen LogP) is 4.23. The molecule has 0 spiro atoms. The Morgan fingerprint density at radius 2 is 2.10 bits per heavy atom. The van der Waals surface area contributed by atoms with Gasteiger partial charge in [-0.05, 0) is 36.8 Å². The van der Waals surface area contributed by atoms with Crippen LogP contribution >= 0.6 is 0 Å². The number of carbonyl (C=O) groups is 1. The van der Waals surface area contributed by atoms with Gasteiger partial charge in [-0.25, -0.2) is 0 Å². The minimum atomic E-state index is -0.0924. The van der Waals surface area contributed by atoms with E-state index in [4.69, 9.17) is 9.15 Å². The fraction of sp³-hybridized carbons (Fsp3) is 0.389. The molecular formula is C18H20O3. The monoisotopic (exact) mass is 284 g/mol. The van der Waals surface area contributed by atoms with Gasteiger partial charge in [0, 0.05) is 5.39 Å². The van der Waals surface area contributed by atoms with Crippen molar-refractivity contribution in [3.8, 4) is 0 Å². The second kappa shape index (κ2) is 6.27. The summed E-state index contributed by atoms with van der Waals surface area (Å²) in [7, 11) is 0. The first-order valence-corrected chi connectivity index (χ1v) is 7.48. The zero-order valence-electron chi connectivity index (χ0n) is 12.2. The summed E-state index contributed by atoms with van der Waals surface area (Å²) in [5.74, 6) is 1.42. The van der Waals surface area contributed by atoms with E-state index in [9.17, 15) is 4.79 Å². The summed E-state index contributed by atoms with van der Waals surface area (Å²) < 4.78 is 11.2. The van der Waals surface area contributed by atoms with Crippen LogP contribution in [0.3, 0.4) is 0 Å². The van der Waals surface area contributed by atoms with Crippen LogP contribution in [0.25, 0.3) is 11.0 Å². The number of carbonyl (C=O) groups excluding carboxylic acids is 1. The lowest BCUT2D eigenvalue weighted by Gasteiger charge is -2.24. The van der Waals surface area contributed by atoms with E-state index < -0.39 is 0 Å². The maximum Gasteiger partial charge on any atom is 0.223 e. The van der Waals surface area contributed by atoms with Crippen molar-refractivity contribution in [1.29, 1.82) is 0 Å². The fourth-order valence-corrected chi connectivity index (χ4v) is 2.73. The normalized spacial score (nSPS) is 21.8. The molecule has 0 aliphatic heterocycles. The number of furan rings is 1. The second-order valence-corrected chi connectivity index (χ2v) is 5.77. The van der Waals surface area contributed by atoms with Gasteiger partial charge in [0.15, 0.2) is 5.76 Å². The Kier molecular flexibility index (Phi) is 4.20. The molecule has 0 fully saturated rings. The Morgan fingerprint density at radius 3 is 2.90 bits per heavy atom. The Labute approximate surface area is 124 Å². The van der Waals surface area contributed by atoms with Gasteiger partial charge in [-0.1, -0.05) is 37.3 Å². The maximum absolute atomic E-state index is 12.1. The van der Waals surface area contributed by atoms with E-state index in [0.717, 1.165) is 23.8 Å². The SMILES string of the molecule is CC1CC=CCC1COCC(=O)c1cc2ccccc2o1. The van der Waals surface area contributed by atoms with Crippen molar-refractivity contribution in [2.24, 2.45) is 11.8 Å². The third kappa shape index (κ3) is 3.24. The van der Waals surface area contributed by atoms with Crippen LogP contribution in [0.1, 0.15) is 30.3 Å². The molecule has 21 heavy (non-hydrogen) atoms. The quantitative estimate of drug-likeness (QED) is 0.609. The summed E-state index contributed by atoms with van der Waals surface area (Å²) in [4.78, 5) is 12.1. The first-order valence-electron chi connectivity index (χ1n) is 7.48. The minimum Gasteiger partial charge on any atom is -0.453 e. The number of hydrogen-bond acceptors (Lipinski definition) is 3. The van der Waals surface area contributed by atoms with Crippen LogP contribution < -0.4 is 0 Å². The zero-order chi connectivity index (χ0) is 14.7. The lowest BCUT2D eigenvalue weighted by Crippen LogP contribution is -2.21. The number of ketones is 1. The smallest absolute Gasteiger partial charge is 0.223 e. The van der Waals surface area contributed by atoms with Gasteiger partial charge in [-0.2, -0.15) is 0 Å². The van der Waals surface area contributed by atoms with E-state index in [1.54, 1.807) is 6.07 Å². The molecule has 1 heterocycles. The van der Waals surface area contributed by atoms with E-state index >= 15 is 0 Å². The van der Waals surface area contributed by atoms with Gasteiger partial charge >= 0.3 is 0 Å². The molecule has 3 rings (SSSR count). The third-order valence-electron chi connectivity index (χ3n) is 4.18. The largest absolute Gasteiger partial charge is 0.453 e. The summed E-state index contributed by atoms with van der Waals surface area (Å²) in [6.45, 7) is 2.96. The first kappa shape index (κ1) is 14.1. The predicted molar refractivity (Wildman–Crippen MR) is 82.4 cm³/mol. The lowest BCUT2D eigenvalue weighted by molar-refractivity contribution is 0.0583. The number of benzene rings is 1. The van der Waals surface area contributed by atoms with Gasteiger partial charge in [0.1, 0.15) is 12.2 Å². The Balaban J connectivity index is 1.55. The number of allylic oxidation sites excluding steroid dienone is 2. The molecule has 1 aromatic heterocycles. The molecule has 1 aliphatic rings. The Morgan fingerprint density at radius 1 is 1.29 bits per heavy atom. The lowest BCUT2D eigenvalue weighted by atomic mass is 9.85. The number of Topliss-reactive ketones (excluding diaryl/α,β-unsaturated/α-hetero) is 1. The average molecular weight is 284 g/mol. The number of ether oxygens (including phenoxy) is 1. The van der Waals surface area contributed by atoms with Crippen molar-refractivity contribution in [1.82, 2.24) is 0 Å². The molecule has 2 unspecified atom stereocenters. The first-order chi connectivity index (χ1) is 10.2. The number of fused-ring (bicyclic) bond motifs is 1. The minimum absolute atomic E-state index is 0.0900. The molecule has 0 N–H and O–H groups in total. The standard InChI is InChI=1S/C18H20O3/c1-13-6-2-3-8-15(13)11-20-12-16(19)18-10-14-7-4-5-9-17(14)21-18/h2-5,7,9-10,13,15H,6,8,11-12H2,1H3. The molecule has 1 aromatic carbocycles. The number of rotatable bonds is 5. The molecule has 110 valence electrons. The summed E-state index contributed by atoms with van der Waals surface area (Å²) in [6, 6.07) is 9.41. The topological polar surface area (TPSA) is 39.4 Å². The van der Waals surface area contributed by atoms with E-state index in [1.807, 2.05) is 24.3 Å². The Hall–Kier alpha value is -1.87. The molecule has 0 saturated carbocycles. The van der Waals surface area contributed by atoms with E-state index in [0.29, 0.717) is 24.2 Å². The zero-order valence-corrected chi connectivity index (χ0v) is 12.2. The summed E-state index contributed by atoms with van der Waals surface area (Å²) in [6.07, 6.45) is 6.57. The van der Waals surface area contributed by atoms with Gasteiger partial charge in [-0.3, -0.25) is 4.79 Å². The van der Waals surface area contributed by atoms with Crippen LogP contribution in [-0.2, 0) is 4.74 Å². The van der Waals surface area contributed by atoms with Crippen molar-refractivity contribution in [2.75, 3.05) is 13.2 Å². The molecule has 0 saturated heterocycles. The summed E-state index contributed by atoms with van der Waals surface area (Å²) in [5.41, 5.74) is 0.742. The van der Waals surface area contributed by atoms with Crippen LogP contribution in [0.2, 0.25) is 0 Å². The summed E-state index contributed by atoms with van der Waals surface area (Å²) in [5, 5.41) is 0.951. The van der Waals surface area contributed by atoms with Crippen LogP contribution in [-0.4, -0.2) is 19.0 Å². The molecular weight excluding hydrogens is 264 g/mol. The average Bonchev–Trinajstić information content (AvgIpc) is 2.93. The van der Waals surface area contributed by atoms with Gasteiger partial charge in [0.05, 0.1) is 6.61 Å². The molecule has 3 nitrogen and oxygen atoms in total. The van der Waals surface area contributed by atoms with Gasteiger partial charge in [0.25, 0.3) is 0 Å². The van der Waals surface area contributed by atoms with Crippen molar-refractivity contribution < 1.29 is 13.9 Å². The van der Waals surface area contributed by atoms with Crippen molar-refractivity contribution in [2.45, 2.75) is 19.8 Å². The molecule has 0 amide bonds. The number of hydrogen-bond donors (Lipinski definition) is 0. The number of para-hydroxylation sites is 1. The highest BCUT2D eigenvalue weighted by Crippen LogP contribution is 2.25. The molecule has 0 bridgehead atoms. The molecule has 2 atom stereocenters. The molecule has 0 radical (unpaired) electrons. The highest BCUT2D eigenvalue weighted by Gasteiger charge is 2.19. The van der Waals surface area contributed by atoms with E-state index in [2.05, 4.69) is 19.1 Å². The van der Waals surface area contributed by atoms with E-state index in [1.165, 1.54) is 0 Å². The Bertz CT molecular complexity index is 620. The second-order valence-electron chi connectivity index (χ2n) is 5.77. The molecule has 2 aromatic rings. The van der Waals surface area contributed by atoms with Crippen molar-refractivity contribution in [3.63, 3.8) is 0 Å². The maximum atomic E-state index is 12.1. The van der Waals surface area contributed by atoms with Crippen molar-refractivity contribution in [3.05, 3.63) is 48.2 Å². The summed E-state index contributed by atoms with van der Waals surface area (Å²) >= 11 is 0. The van der Waals surface area contributed by atoms with Gasteiger partial charge in [-0.15, -0.1) is 0 Å².